The zero-order chi connectivity index (χ0) is 94.2. The molecule has 1 amide bonds. The third-order valence-corrected chi connectivity index (χ3v) is 26.5. The first-order valence-electron chi connectivity index (χ1n) is 44.1. The Bertz CT molecular complexity index is 3970. The topological polar surface area (TPSA) is 468 Å². The lowest BCUT2D eigenvalue weighted by atomic mass is 9.74. The van der Waals surface area contributed by atoms with Crippen LogP contribution in [0.15, 0.2) is 41.2 Å². The minimum Gasteiger partial charge on any atom is -0.507 e. The number of piperazine rings is 1. The Labute approximate surface area is 738 Å². The van der Waals surface area contributed by atoms with Gasteiger partial charge in [-0.25, -0.2) is 0 Å². The SMILES string of the molecule is CC[C@@H](CO)NCCN[C@@H](CC)CO.CC[C@H]1OC(=O)[C@H](C)[C@@H](O[C@H]2C[C@@](C)(OC)[C@@H](O)[C@H](C)O2)[C@H](C)[C@@H](O[C@@H]2O[C@H](C)C[C@H](N(C)C)[C@H]2O)[C@](C)(OC)C[C@@H](C)C(=O)[C@H](C)[C@@H](O)[C@]1(C)O.CO[C@H]1/C=C/O[C@@]2(C)Oc3c(C)c(O)c4c(O)c(c(/C=N/N5CCN(C)CC5)c(O)c4c3C2=O)NC(=O)/C(C)=C\C=C\[C@H](C)[C@H](O)[C@@H](C)[C@@H](O)[C@@H](C)[C@H](OC(C)=O)[C@@H]1C. The molecule has 14 N–H and O–H groups in total. The molecule has 9 rings (SSSR count). The summed E-state index contributed by atoms with van der Waals surface area (Å²) in [6, 6.07) is 0.117. The summed E-state index contributed by atoms with van der Waals surface area (Å²) >= 11 is 0. The summed E-state index contributed by atoms with van der Waals surface area (Å²) in [5.41, 5.74) is -4.59. The summed E-state index contributed by atoms with van der Waals surface area (Å²) in [6.45, 7) is 38.3. The normalized spacial score (nSPS) is 37.3. The molecule has 7 aliphatic rings. The van der Waals surface area contributed by atoms with Gasteiger partial charge in [-0.05, 0) is 115 Å². The lowest BCUT2D eigenvalue weighted by molar-refractivity contribution is -0.319. The number of ether oxygens (including phenoxy) is 11. The number of methoxy groups -OCH3 is 3. The van der Waals surface area contributed by atoms with E-state index in [1.165, 1.54) is 80.6 Å². The Balaban J connectivity index is 0.000000336. The van der Waals surface area contributed by atoms with Gasteiger partial charge in [-0.1, -0.05) is 87.5 Å². The van der Waals surface area contributed by atoms with Crippen LogP contribution in [0.5, 0.6) is 23.0 Å². The van der Waals surface area contributed by atoms with Crippen molar-refractivity contribution in [2.75, 3.05) is 100 Å². The molecule has 34 nitrogen and oxygen atoms in total. The van der Waals surface area contributed by atoms with Crippen molar-refractivity contribution in [1.29, 1.82) is 0 Å². The van der Waals surface area contributed by atoms with Gasteiger partial charge in [-0.2, -0.15) is 5.10 Å². The van der Waals surface area contributed by atoms with Crippen molar-refractivity contribution in [2.24, 2.45) is 52.4 Å². The first-order valence-corrected chi connectivity index (χ1v) is 44.1. The molecule has 7 heterocycles. The molecular formula is C91H151N7O27. The first-order chi connectivity index (χ1) is 58.5. The fraction of sp³-hybridized carbons (Fsp3) is 0.758. The summed E-state index contributed by atoms with van der Waals surface area (Å²) in [7, 11) is 10.2. The van der Waals surface area contributed by atoms with Crippen molar-refractivity contribution in [3.63, 3.8) is 0 Å². The summed E-state index contributed by atoms with van der Waals surface area (Å²) in [5.74, 6) is -12.8. The average molecular weight is 1780 g/mol. The van der Waals surface area contributed by atoms with Gasteiger partial charge < -0.3 is 134 Å². The number of hydrazone groups is 1. The molecule has 2 aromatic rings. The van der Waals surface area contributed by atoms with Crippen LogP contribution in [0.3, 0.4) is 0 Å². The molecule has 0 aliphatic carbocycles. The first kappa shape index (κ1) is 107. The predicted octanol–water partition coefficient (Wildman–Crippen LogP) is 6.48. The van der Waals surface area contributed by atoms with Gasteiger partial charge in [0.05, 0.1) is 114 Å². The van der Waals surface area contributed by atoms with Gasteiger partial charge in [0.2, 0.25) is 0 Å². The summed E-state index contributed by atoms with van der Waals surface area (Å²) in [6.07, 6.45) is -1.99. The third-order valence-electron chi connectivity index (χ3n) is 26.5. The average Bonchev–Trinajstić information content (AvgIpc) is 1.62. The monoisotopic (exact) mass is 1770 g/mol. The molecule has 0 unspecified atom stereocenters. The number of carbonyl (C=O) groups is 5. The van der Waals surface area contributed by atoms with Crippen LogP contribution in [-0.4, -0.2) is 328 Å². The van der Waals surface area contributed by atoms with Crippen LogP contribution in [-0.2, 0) is 66.5 Å². The number of Topliss-reactive ketones (excluding diaryl/α,β-unsaturated/α-hetero) is 2. The minimum atomic E-state index is -2.04. The van der Waals surface area contributed by atoms with Crippen LogP contribution in [0.2, 0.25) is 0 Å². The Morgan fingerprint density at radius 1 is 0.728 bits per heavy atom. The number of cyclic esters (lactones) is 1. The fourth-order valence-corrected chi connectivity index (χ4v) is 17.7. The number of anilines is 1. The number of aliphatic hydroxyl groups is 8. The number of likely N-dealkylation sites (N-methyl/N-ethyl adjacent to an activating group) is 2. The molecule has 0 spiro atoms. The molecule has 29 atom stereocenters. The molecule has 5 bridgehead atoms. The second-order valence-corrected chi connectivity index (χ2v) is 36.2. The quantitative estimate of drug-likeness (QED) is 0.0209. The predicted molar refractivity (Wildman–Crippen MR) is 470 cm³/mol. The maximum Gasteiger partial charge on any atom is 0.312 e. The zero-order valence-electron chi connectivity index (χ0n) is 78.5. The number of rotatable bonds is 21. The van der Waals surface area contributed by atoms with E-state index in [9.17, 15) is 69.9 Å². The number of nitrogens with zero attached hydrogens (tertiary/aromatic N) is 4. The number of ketones is 2. The highest BCUT2D eigenvalue weighted by molar-refractivity contribution is 6.24. The smallest absolute Gasteiger partial charge is 0.312 e. The van der Waals surface area contributed by atoms with Crippen LogP contribution < -0.4 is 20.7 Å². The number of hydrogen-bond donors (Lipinski definition) is 14. The van der Waals surface area contributed by atoms with E-state index in [4.69, 9.17) is 62.3 Å². The minimum absolute atomic E-state index is 0.0559. The third kappa shape index (κ3) is 25.5. The van der Waals surface area contributed by atoms with Gasteiger partial charge in [0.1, 0.15) is 53.0 Å². The van der Waals surface area contributed by atoms with E-state index in [0.717, 1.165) is 39.0 Å². The number of fused-ring (bicyclic) bond motifs is 14. The van der Waals surface area contributed by atoms with Gasteiger partial charge in [0, 0.05) is 157 Å². The van der Waals surface area contributed by atoms with Crippen molar-refractivity contribution in [3.8, 4) is 23.0 Å². The second kappa shape index (κ2) is 46.8. The van der Waals surface area contributed by atoms with E-state index < -0.39 is 191 Å². The number of phenols is 3. The molecular weight excluding hydrogens is 1620 g/mol. The molecule has 7 aliphatic heterocycles. The van der Waals surface area contributed by atoms with Crippen molar-refractivity contribution >= 4 is 52.1 Å². The molecule has 4 fully saturated rings. The van der Waals surface area contributed by atoms with Crippen LogP contribution in [0, 0.1) is 54.3 Å². The van der Waals surface area contributed by atoms with Gasteiger partial charge in [-0.15, -0.1) is 0 Å². The Morgan fingerprint density at radius 2 is 1.33 bits per heavy atom. The van der Waals surface area contributed by atoms with E-state index in [-0.39, 0.29) is 107 Å². The van der Waals surface area contributed by atoms with Crippen molar-refractivity contribution < 1.29 is 132 Å². The van der Waals surface area contributed by atoms with Crippen LogP contribution in [0.25, 0.3) is 10.8 Å². The van der Waals surface area contributed by atoms with E-state index in [1.807, 2.05) is 53.7 Å². The van der Waals surface area contributed by atoms with E-state index in [1.54, 1.807) is 93.3 Å². The number of phenolic OH excluding ortho intramolecular Hbond substituents is 3. The number of aliphatic hydroxyl groups excluding tert-OH is 7. The molecule has 34 heteroatoms. The standard InChI is InChI=1S/C43H58N4O12.C38H69NO13.C10H24N2O2/c1-21-12-11-13-22(2)42(55)45-33-28(20-44-47-17-15-46(9)16-18-47)37(52)30-31(38(33)53)36(51)26(6)40-32(30)41(54)43(8,59-40)57-19-14-29(56-10)23(3)39(58-27(7)48)25(5)35(50)24(4)34(21)49;1-15-26-38(10,45)31(42)21(4)28(40)19(2)17-37(9,47-14)33(52-35-29(41)25(39(11)12)16-20(3)48-35)22(5)30(23(6)34(44)50-26)51-27-18-36(8,46-13)32(43)24(7)49-27;1-3-9(7-13)11-5-6-12-10(4-2)8-14/h11-14,19-21,23-25,29,34-35,39,49-53H,15-18H2,1-10H3,(H,45,55);19-27,29-33,35,41-43,45H,15-18H2,1-14H3;9-14H,3-8H2,1-2H3/b12-11+,19-14+,22-13-,44-20+;;/t21-,23+,24+,25+,29-,34-,35+,39+,43-;19-,20-,21+,22+,23-,24+,25+,26-,27+,29-,30+,31-,32+,33-,35+,36-,37-,38-;9-,10-/m010/s1. The maximum atomic E-state index is 14.4. The lowest BCUT2D eigenvalue weighted by Crippen LogP contribution is -2.61. The Kier molecular flexibility index (Phi) is 40.1. The number of carbonyl (C=O) groups excluding carboxylic acids is 5. The molecule has 125 heavy (non-hydrogen) atoms. The van der Waals surface area contributed by atoms with E-state index in [2.05, 4.69) is 26.0 Å². The number of aromatic hydroxyl groups is 3. The van der Waals surface area contributed by atoms with Crippen LogP contribution in [0.4, 0.5) is 5.69 Å². The number of esters is 2. The number of benzene rings is 2. The number of amides is 1. The summed E-state index contributed by atoms with van der Waals surface area (Å²) in [4.78, 5) is 72.7. The van der Waals surface area contributed by atoms with Gasteiger partial charge in [0.15, 0.2) is 18.3 Å². The Hall–Kier alpha value is -6.62. The molecule has 712 valence electrons. The number of allylic oxidation sites excluding steroid dienone is 2. The lowest BCUT2D eigenvalue weighted by Gasteiger charge is -2.50. The molecule has 0 radical (unpaired) electrons. The van der Waals surface area contributed by atoms with E-state index >= 15 is 0 Å². The maximum absolute atomic E-state index is 14.4. The molecule has 4 saturated heterocycles. The van der Waals surface area contributed by atoms with Crippen molar-refractivity contribution in [2.45, 2.75) is 304 Å². The summed E-state index contributed by atoms with van der Waals surface area (Å²) < 4.78 is 67.5. The van der Waals surface area contributed by atoms with Crippen molar-refractivity contribution in [1.82, 2.24) is 25.4 Å². The zero-order valence-corrected chi connectivity index (χ0v) is 78.5. The largest absolute Gasteiger partial charge is 0.507 e. The van der Waals surface area contributed by atoms with Crippen LogP contribution >= 0.6 is 0 Å². The van der Waals surface area contributed by atoms with Crippen molar-refractivity contribution in [3.05, 3.63) is 52.8 Å². The van der Waals surface area contributed by atoms with Gasteiger partial charge >= 0.3 is 17.7 Å². The number of hydrogen-bond acceptors (Lipinski definition) is 33. The van der Waals surface area contributed by atoms with Crippen LogP contribution in [0.1, 0.15) is 192 Å². The highest BCUT2D eigenvalue weighted by Crippen LogP contribution is 2.56. The Morgan fingerprint density at radius 3 is 1.87 bits per heavy atom. The molecule has 0 saturated carbocycles. The van der Waals surface area contributed by atoms with E-state index in [0.29, 0.717) is 19.5 Å². The highest BCUT2D eigenvalue weighted by atomic mass is 16.7. The highest BCUT2D eigenvalue weighted by Gasteiger charge is 2.56. The molecule has 0 aromatic heterocycles. The fourth-order valence-electron chi connectivity index (χ4n) is 17.7. The molecule has 2 aromatic carbocycles. The summed E-state index contributed by atoms with van der Waals surface area (Å²) in [5, 5.41) is 137. The van der Waals surface area contributed by atoms with Gasteiger partial charge in [0.25, 0.3) is 11.7 Å². The second-order valence-electron chi connectivity index (χ2n) is 36.2. The van der Waals surface area contributed by atoms with Gasteiger partial charge in [-0.3, -0.25) is 29.0 Å². The number of nitrogens with one attached hydrogen (secondary N) is 3.